The second-order valence-electron chi connectivity index (χ2n) is 5.55. The van der Waals surface area contributed by atoms with Crippen molar-refractivity contribution < 1.29 is 14.3 Å². The van der Waals surface area contributed by atoms with Gasteiger partial charge >= 0.3 is 0 Å². The van der Waals surface area contributed by atoms with Gasteiger partial charge in [-0.1, -0.05) is 17.7 Å². The van der Waals surface area contributed by atoms with E-state index in [1.807, 2.05) is 36.6 Å². The van der Waals surface area contributed by atoms with Gasteiger partial charge in [-0.25, -0.2) is 4.98 Å². The van der Waals surface area contributed by atoms with Gasteiger partial charge in [0, 0.05) is 10.9 Å². The molecule has 7 heteroatoms. The molecule has 0 radical (unpaired) electrons. The molecule has 0 bridgehead atoms. The maximum Gasteiger partial charge on any atom is 0.258 e. The zero-order valence-corrected chi connectivity index (χ0v) is 16.1. The maximum atomic E-state index is 12.4. The number of carbonyl (C=O) groups excluding carboxylic acids is 1. The monoisotopic (exact) mass is 388 g/mol. The van der Waals surface area contributed by atoms with Gasteiger partial charge in [0.2, 0.25) is 0 Å². The molecule has 3 aromatic rings. The van der Waals surface area contributed by atoms with Crippen molar-refractivity contribution in [3.63, 3.8) is 0 Å². The third kappa shape index (κ3) is 3.81. The summed E-state index contributed by atoms with van der Waals surface area (Å²) in [5, 5.41) is 5.57. The number of thiazole rings is 1. The van der Waals surface area contributed by atoms with E-state index in [1.165, 1.54) is 11.3 Å². The molecule has 5 nitrogen and oxygen atoms in total. The normalized spacial score (nSPS) is 10.5. The van der Waals surface area contributed by atoms with Crippen LogP contribution >= 0.6 is 22.9 Å². The van der Waals surface area contributed by atoms with Crippen LogP contribution in [0.15, 0.2) is 41.8 Å². The molecule has 0 aliphatic heterocycles. The van der Waals surface area contributed by atoms with Crippen LogP contribution in [0, 0.1) is 6.92 Å². The number of hydrogen-bond acceptors (Lipinski definition) is 5. The minimum atomic E-state index is -0.289. The standard InChI is InChI=1S/C19H17ClN2O3S/c1-11-4-6-13(14(20)8-11)18(23)22-19-21-15(10-26-19)12-5-7-16(24-2)17(9-12)25-3/h4-10H,1-3H3,(H,21,22,23). The van der Waals surface area contributed by atoms with Crippen molar-refractivity contribution in [2.24, 2.45) is 0 Å². The maximum absolute atomic E-state index is 12.4. The van der Waals surface area contributed by atoms with Gasteiger partial charge < -0.3 is 9.47 Å². The van der Waals surface area contributed by atoms with Gasteiger partial charge in [0.05, 0.1) is 30.5 Å². The van der Waals surface area contributed by atoms with Gasteiger partial charge in [-0.3, -0.25) is 10.1 Å². The fraction of sp³-hybridized carbons (Fsp3) is 0.158. The van der Waals surface area contributed by atoms with E-state index in [-0.39, 0.29) is 5.91 Å². The highest BCUT2D eigenvalue weighted by molar-refractivity contribution is 7.14. The molecule has 3 rings (SSSR count). The van der Waals surface area contributed by atoms with E-state index in [4.69, 9.17) is 21.1 Å². The Bertz CT molecular complexity index is 956. The summed E-state index contributed by atoms with van der Waals surface area (Å²) in [6.07, 6.45) is 0. The Balaban J connectivity index is 1.81. The molecule has 0 aliphatic carbocycles. The second kappa shape index (κ2) is 7.76. The van der Waals surface area contributed by atoms with Gasteiger partial charge in [0.15, 0.2) is 16.6 Å². The third-order valence-corrected chi connectivity index (χ3v) is 4.84. The lowest BCUT2D eigenvalue weighted by Gasteiger charge is -2.08. The third-order valence-electron chi connectivity index (χ3n) is 3.77. The Morgan fingerprint density at radius 3 is 2.58 bits per heavy atom. The molecule has 0 atom stereocenters. The van der Waals surface area contributed by atoms with Crippen LogP contribution in [0.25, 0.3) is 11.3 Å². The highest BCUT2D eigenvalue weighted by atomic mass is 35.5. The number of halogens is 1. The van der Waals surface area contributed by atoms with Crippen molar-refractivity contribution in [2.45, 2.75) is 6.92 Å². The number of carbonyl (C=O) groups is 1. The molecule has 0 unspecified atom stereocenters. The Labute approximate surface area is 160 Å². The van der Waals surface area contributed by atoms with E-state index in [0.29, 0.717) is 27.2 Å². The van der Waals surface area contributed by atoms with Crippen molar-refractivity contribution in [1.82, 2.24) is 4.98 Å². The molecule has 1 N–H and O–H groups in total. The molecule has 0 saturated heterocycles. The molecule has 0 saturated carbocycles. The molecule has 134 valence electrons. The minimum Gasteiger partial charge on any atom is -0.493 e. The van der Waals surface area contributed by atoms with Crippen molar-refractivity contribution in [3.8, 4) is 22.8 Å². The number of aromatic nitrogens is 1. The van der Waals surface area contributed by atoms with E-state index in [2.05, 4.69) is 10.3 Å². The summed E-state index contributed by atoms with van der Waals surface area (Å²) in [7, 11) is 3.17. The highest BCUT2D eigenvalue weighted by Gasteiger charge is 2.14. The van der Waals surface area contributed by atoms with E-state index in [9.17, 15) is 4.79 Å². The van der Waals surface area contributed by atoms with Crippen LogP contribution in [0.5, 0.6) is 11.5 Å². The summed E-state index contributed by atoms with van der Waals surface area (Å²) in [5.74, 6) is 0.979. The molecule has 1 aromatic heterocycles. The molecular weight excluding hydrogens is 372 g/mol. The van der Waals surface area contributed by atoms with Crippen LogP contribution in [-0.4, -0.2) is 25.1 Å². The predicted octanol–water partition coefficient (Wildman–Crippen LogP) is 5.04. The lowest BCUT2D eigenvalue weighted by atomic mass is 10.1. The first-order valence-corrected chi connectivity index (χ1v) is 9.03. The Hall–Kier alpha value is -2.57. The van der Waals surface area contributed by atoms with Crippen LogP contribution in [0.2, 0.25) is 5.02 Å². The van der Waals surface area contributed by atoms with E-state index < -0.39 is 0 Å². The lowest BCUT2D eigenvalue weighted by molar-refractivity contribution is 0.102. The van der Waals surface area contributed by atoms with Crippen molar-refractivity contribution >= 4 is 34.0 Å². The molecule has 0 spiro atoms. The zero-order chi connectivity index (χ0) is 18.7. The van der Waals surface area contributed by atoms with Crippen LogP contribution < -0.4 is 14.8 Å². The number of amides is 1. The first-order valence-electron chi connectivity index (χ1n) is 7.77. The second-order valence-corrected chi connectivity index (χ2v) is 6.81. The van der Waals surface area contributed by atoms with Gasteiger partial charge in [-0.2, -0.15) is 0 Å². The zero-order valence-electron chi connectivity index (χ0n) is 14.5. The number of hydrogen-bond donors (Lipinski definition) is 1. The first-order chi connectivity index (χ1) is 12.5. The van der Waals surface area contributed by atoms with Gasteiger partial charge in [-0.15, -0.1) is 11.3 Å². The largest absolute Gasteiger partial charge is 0.493 e. The molecular formula is C19H17ClN2O3S. The van der Waals surface area contributed by atoms with Crippen molar-refractivity contribution in [2.75, 3.05) is 19.5 Å². The fourth-order valence-corrected chi connectivity index (χ4v) is 3.46. The number of benzene rings is 2. The number of nitrogens with zero attached hydrogens (tertiary/aromatic N) is 1. The molecule has 0 fully saturated rings. The van der Waals surface area contributed by atoms with Crippen LogP contribution in [0.4, 0.5) is 5.13 Å². The molecule has 1 amide bonds. The predicted molar refractivity (Wildman–Crippen MR) is 105 cm³/mol. The number of ether oxygens (including phenoxy) is 2. The Kier molecular flexibility index (Phi) is 5.44. The van der Waals surface area contributed by atoms with E-state index in [1.54, 1.807) is 26.4 Å². The smallest absolute Gasteiger partial charge is 0.258 e. The molecule has 1 heterocycles. The Morgan fingerprint density at radius 2 is 1.88 bits per heavy atom. The summed E-state index contributed by atoms with van der Waals surface area (Å²) >= 11 is 7.49. The minimum absolute atomic E-state index is 0.289. The topological polar surface area (TPSA) is 60.5 Å². The molecule has 0 aliphatic rings. The van der Waals surface area contributed by atoms with Gasteiger partial charge in [-0.05, 0) is 42.8 Å². The number of methoxy groups -OCH3 is 2. The number of nitrogens with one attached hydrogen (secondary N) is 1. The highest BCUT2D eigenvalue weighted by Crippen LogP contribution is 2.33. The molecule has 2 aromatic carbocycles. The SMILES string of the molecule is COc1ccc(-c2csc(NC(=O)c3ccc(C)cc3Cl)n2)cc1OC. The lowest BCUT2D eigenvalue weighted by Crippen LogP contribution is -2.12. The summed E-state index contributed by atoms with van der Waals surface area (Å²) in [4.78, 5) is 16.9. The van der Waals surface area contributed by atoms with Gasteiger partial charge in [0.25, 0.3) is 5.91 Å². The summed E-state index contributed by atoms with van der Waals surface area (Å²) < 4.78 is 10.6. The summed E-state index contributed by atoms with van der Waals surface area (Å²) in [6, 6.07) is 10.9. The van der Waals surface area contributed by atoms with Crippen LogP contribution in [0.3, 0.4) is 0 Å². The van der Waals surface area contributed by atoms with Crippen LogP contribution in [-0.2, 0) is 0 Å². The van der Waals surface area contributed by atoms with Crippen molar-refractivity contribution in [1.29, 1.82) is 0 Å². The van der Waals surface area contributed by atoms with Crippen molar-refractivity contribution in [3.05, 3.63) is 57.9 Å². The Morgan fingerprint density at radius 1 is 1.12 bits per heavy atom. The van der Waals surface area contributed by atoms with Gasteiger partial charge in [0.1, 0.15) is 0 Å². The first kappa shape index (κ1) is 18.2. The van der Waals surface area contributed by atoms with E-state index >= 15 is 0 Å². The number of anilines is 1. The summed E-state index contributed by atoms with van der Waals surface area (Å²) in [5.41, 5.74) is 3.02. The van der Waals surface area contributed by atoms with Crippen LogP contribution in [0.1, 0.15) is 15.9 Å². The number of rotatable bonds is 5. The van der Waals surface area contributed by atoms with E-state index in [0.717, 1.165) is 16.8 Å². The fourth-order valence-electron chi connectivity index (χ4n) is 2.43. The number of aryl methyl sites for hydroxylation is 1. The average Bonchev–Trinajstić information content (AvgIpc) is 3.09. The summed E-state index contributed by atoms with van der Waals surface area (Å²) in [6.45, 7) is 1.92. The quantitative estimate of drug-likeness (QED) is 0.665. The average molecular weight is 389 g/mol. The molecule has 26 heavy (non-hydrogen) atoms.